The van der Waals surface area contributed by atoms with Crippen LogP contribution >= 0.6 is 0 Å². The van der Waals surface area contributed by atoms with Crippen molar-refractivity contribution in [2.75, 3.05) is 17.2 Å². The Hall–Kier alpha value is -2.43. The van der Waals surface area contributed by atoms with Crippen LogP contribution in [0.5, 0.6) is 0 Å². The predicted octanol–water partition coefficient (Wildman–Crippen LogP) is 4.06. The van der Waals surface area contributed by atoms with E-state index in [9.17, 15) is 4.79 Å². The molecule has 0 aliphatic heterocycles. The normalized spacial score (nSPS) is 10.6. The molecule has 0 fully saturated rings. The van der Waals surface area contributed by atoms with Gasteiger partial charge in [-0.3, -0.25) is 4.79 Å². The van der Waals surface area contributed by atoms with Crippen LogP contribution in [0.1, 0.15) is 55.6 Å². The van der Waals surface area contributed by atoms with Crippen molar-refractivity contribution in [2.24, 2.45) is 0 Å². The van der Waals surface area contributed by atoms with E-state index in [2.05, 4.69) is 41.4 Å². The number of hydrogen-bond acceptors (Lipinski definition) is 4. The number of unbranched alkanes of at least 4 members (excludes halogenated alkanes) is 1. The molecule has 5 heteroatoms. The highest BCUT2D eigenvalue weighted by molar-refractivity contribution is 6.03. The molecule has 0 spiro atoms. The Balaban J connectivity index is 2.10. The summed E-state index contributed by atoms with van der Waals surface area (Å²) in [5, 5.41) is 6.08. The van der Waals surface area contributed by atoms with Gasteiger partial charge < -0.3 is 10.6 Å². The quantitative estimate of drug-likeness (QED) is 0.756. The van der Waals surface area contributed by atoms with E-state index < -0.39 is 0 Å². The van der Waals surface area contributed by atoms with Crippen LogP contribution in [0.15, 0.2) is 36.5 Å². The molecule has 0 aliphatic rings. The molecular weight excluding hydrogens is 288 g/mol. The van der Waals surface area contributed by atoms with E-state index in [4.69, 9.17) is 0 Å². The maximum atomic E-state index is 12.4. The number of aromatic nitrogens is 2. The molecule has 0 aliphatic carbocycles. The highest BCUT2D eigenvalue weighted by Crippen LogP contribution is 2.24. The number of anilines is 2. The smallest absolute Gasteiger partial charge is 0.274 e. The molecule has 1 heterocycles. The van der Waals surface area contributed by atoms with Gasteiger partial charge in [0.05, 0.1) is 0 Å². The minimum atomic E-state index is -0.223. The largest absolute Gasteiger partial charge is 0.354 e. The fourth-order valence-electron chi connectivity index (χ4n) is 2.25. The zero-order valence-electron chi connectivity index (χ0n) is 14.0. The summed E-state index contributed by atoms with van der Waals surface area (Å²) in [6.07, 6.45) is 3.74. The van der Waals surface area contributed by atoms with Gasteiger partial charge in [0, 0.05) is 18.4 Å². The van der Waals surface area contributed by atoms with Crippen LogP contribution in [-0.4, -0.2) is 22.4 Å². The van der Waals surface area contributed by atoms with E-state index in [0.29, 0.717) is 17.6 Å². The number of amides is 1. The maximum absolute atomic E-state index is 12.4. The molecule has 1 aromatic heterocycles. The van der Waals surface area contributed by atoms with Gasteiger partial charge in [-0.1, -0.05) is 45.4 Å². The number of carbonyl (C=O) groups is 1. The Morgan fingerprint density at radius 3 is 2.74 bits per heavy atom. The standard InChI is InChI=1S/C18H24N4O/c1-4-5-11-19-18-20-12-10-16(22-18)17(23)21-15-9-7-6-8-14(15)13(2)3/h6-10,12-13H,4-5,11H2,1-3H3,(H,21,23)(H,19,20,22). The Morgan fingerprint density at radius 1 is 1.22 bits per heavy atom. The highest BCUT2D eigenvalue weighted by Gasteiger charge is 2.12. The fraction of sp³-hybridized carbons (Fsp3) is 0.389. The first-order valence-corrected chi connectivity index (χ1v) is 8.09. The van der Waals surface area contributed by atoms with Crippen molar-refractivity contribution in [1.29, 1.82) is 0 Å². The second-order valence-electron chi connectivity index (χ2n) is 5.74. The van der Waals surface area contributed by atoms with Gasteiger partial charge in [0.25, 0.3) is 5.91 Å². The van der Waals surface area contributed by atoms with Gasteiger partial charge in [0.1, 0.15) is 5.69 Å². The SMILES string of the molecule is CCCCNc1nccc(C(=O)Nc2ccccc2C(C)C)n1. The molecule has 1 aromatic carbocycles. The third-order valence-electron chi connectivity index (χ3n) is 3.53. The van der Waals surface area contributed by atoms with Crippen LogP contribution in [0.2, 0.25) is 0 Å². The number of benzene rings is 1. The molecule has 0 saturated heterocycles. The summed E-state index contributed by atoms with van der Waals surface area (Å²) in [5.41, 5.74) is 2.29. The monoisotopic (exact) mass is 312 g/mol. The van der Waals surface area contributed by atoms with Gasteiger partial charge in [-0.2, -0.15) is 0 Å². The number of carbonyl (C=O) groups excluding carboxylic acids is 1. The first kappa shape index (κ1) is 16.9. The number of nitrogens with one attached hydrogen (secondary N) is 2. The van der Waals surface area contributed by atoms with Crippen LogP contribution in [-0.2, 0) is 0 Å². The third kappa shape index (κ3) is 4.77. The van der Waals surface area contributed by atoms with E-state index in [-0.39, 0.29) is 5.91 Å². The van der Waals surface area contributed by atoms with E-state index >= 15 is 0 Å². The Bertz CT molecular complexity index is 655. The number of hydrogen-bond donors (Lipinski definition) is 2. The van der Waals surface area contributed by atoms with Crippen molar-refractivity contribution in [3.05, 3.63) is 47.8 Å². The summed E-state index contributed by atoms with van der Waals surface area (Å²) in [4.78, 5) is 20.9. The zero-order valence-corrected chi connectivity index (χ0v) is 14.0. The van der Waals surface area contributed by atoms with Gasteiger partial charge >= 0.3 is 0 Å². The lowest BCUT2D eigenvalue weighted by Gasteiger charge is -2.13. The predicted molar refractivity (Wildman–Crippen MR) is 93.9 cm³/mol. The van der Waals surface area contributed by atoms with Crippen molar-refractivity contribution < 1.29 is 4.79 Å². The maximum Gasteiger partial charge on any atom is 0.274 e. The van der Waals surface area contributed by atoms with Crippen molar-refractivity contribution >= 4 is 17.5 Å². The summed E-state index contributed by atoms with van der Waals surface area (Å²) in [6, 6.07) is 9.45. The lowest BCUT2D eigenvalue weighted by Crippen LogP contribution is -2.16. The Kier molecular flexibility index (Phi) is 6.09. The lowest BCUT2D eigenvalue weighted by molar-refractivity contribution is 0.102. The van der Waals surface area contributed by atoms with E-state index in [0.717, 1.165) is 30.6 Å². The van der Waals surface area contributed by atoms with Crippen LogP contribution in [0.3, 0.4) is 0 Å². The second kappa shape index (κ2) is 8.27. The minimum absolute atomic E-state index is 0.223. The van der Waals surface area contributed by atoms with E-state index in [1.54, 1.807) is 12.3 Å². The molecule has 0 radical (unpaired) electrons. The molecular formula is C18H24N4O. The summed E-state index contributed by atoms with van der Waals surface area (Å²) < 4.78 is 0. The summed E-state index contributed by atoms with van der Waals surface area (Å²) in [6.45, 7) is 7.13. The average molecular weight is 312 g/mol. The molecule has 122 valence electrons. The van der Waals surface area contributed by atoms with Gasteiger partial charge in [-0.05, 0) is 30.0 Å². The van der Waals surface area contributed by atoms with Crippen molar-refractivity contribution in [1.82, 2.24) is 9.97 Å². The molecule has 23 heavy (non-hydrogen) atoms. The number of nitrogens with zero attached hydrogens (tertiary/aromatic N) is 2. The van der Waals surface area contributed by atoms with Gasteiger partial charge in [0.15, 0.2) is 0 Å². The second-order valence-corrected chi connectivity index (χ2v) is 5.74. The zero-order chi connectivity index (χ0) is 16.7. The van der Waals surface area contributed by atoms with Gasteiger partial charge in [0.2, 0.25) is 5.95 Å². The summed E-state index contributed by atoms with van der Waals surface area (Å²) in [5.74, 6) is 0.602. The molecule has 1 amide bonds. The minimum Gasteiger partial charge on any atom is -0.354 e. The number of rotatable bonds is 7. The van der Waals surface area contributed by atoms with Crippen molar-refractivity contribution in [2.45, 2.75) is 39.5 Å². The Labute approximate surface area is 137 Å². The van der Waals surface area contributed by atoms with E-state index in [1.165, 1.54) is 0 Å². The van der Waals surface area contributed by atoms with Gasteiger partial charge in [-0.15, -0.1) is 0 Å². The van der Waals surface area contributed by atoms with Crippen molar-refractivity contribution in [3.8, 4) is 0 Å². The topological polar surface area (TPSA) is 66.9 Å². The fourth-order valence-corrected chi connectivity index (χ4v) is 2.25. The first-order chi connectivity index (χ1) is 11.1. The highest BCUT2D eigenvalue weighted by atomic mass is 16.1. The number of para-hydroxylation sites is 1. The molecule has 2 rings (SSSR count). The molecule has 2 N–H and O–H groups in total. The first-order valence-electron chi connectivity index (χ1n) is 8.09. The Morgan fingerprint density at radius 2 is 2.00 bits per heavy atom. The third-order valence-corrected chi connectivity index (χ3v) is 3.53. The van der Waals surface area contributed by atoms with Crippen LogP contribution < -0.4 is 10.6 Å². The van der Waals surface area contributed by atoms with E-state index in [1.807, 2.05) is 24.3 Å². The molecule has 2 aromatic rings. The van der Waals surface area contributed by atoms with Crippen LogP contribution in [0, 0.1) is 0 Å². The van der Waals surface area contributed by atoms with Gasteiger partial charge in [-0.25, -0.2) is 9.97 Å². The molecule has 0 saturated carbocycles. The lowest BCUT2D eigenvalue weighted by atomic mass is 10.0. The van der Waals surface area contributed by atoms with Crippen molar-refractivity contribution in [3.63, 3.8) is 0 Å². The van der Waals surface area contributed by atoms with Crippen LogP contribution in [0.4, 0.5) is 11.6 Å². The molecule has 0 unspecified atom stereocenters. The summed E-state index contributed by atoms with van der Waals surface area (Å²) in [7, 11) is 0. The van der Waals surface area contributed by atoms with Crippen LogP contribution in [0.25, 0.3) is 0 Å². The molecule has 0 bridgehead atoms. The summed E-state index contributed by atoms with van der Waals surface area (Å²) >= 11 is 0. The average Bonchev–Trinajstić information content (AvgIpc) is 2.55. The molecule has 0 atom stereocenters. The molecule has 5 nitrogen and oxygen atoms in total.